The molecule has 1 atom stereocenters. The van der Waals surface area contributed by atoms with Crippen LogP contribution < -0.4 is 4.72 Å². The highest BCUT2D eigenvalue weighted by atomic mass is 32.2. The van der Waals surface area contributed by atoms with Crippen molar-refractivity contribution in [2.24, 2.45) is 7.05 Å². The molecule has 1 heterocycles. The van der Waals surface area contributed by atoms with Gasteiger partial charge in [-0.2, -0.15) is 4.72 Å². The zero-order valence-corrected chi connectivity index (χ0v) is 12.3. The van der Waals surface area contributed by atoms with Crippen LogP contribution in [0.5, 0.6) is 0 Å². The van der Waals surface area contributed by atoms with Crippen molar-refractivity contribution in [1.29, 1.82) is 0 Å². The van der Waals surface area contributed by atoms with Crippen molar-refractivity contribution >= 4 is 16.0 Å². The maximum atomic E-state index is 12.2. The van der Waals surface area contributed by atoms with Gasteiger partial charge in [0.2, 0.25) is 0 Å². The SMILES string of the molecule is Cc1nc(S(=O)(=O)N[C@H](C(=O)O)c2ccccc2)cn1C. The molecule has 112 valence electrons. The van der Waals surface area contributed by atoms with E-state index in [1.54, 1.807) is 48.9 Å². The van der Waals surface area contributed by atoms with Crippen LogP contribution in [0.25, 0.3) is 0 Å². The van der Waals surface area contributed by atoms with E-state index in [0.29, 0.717) is 11.4 Å². The number of nitrogens with one attached hydrogen (secondary N) is 1. The van der Waals surface area contributed by atoms with Crippen LogP contribution in [0, 0.1) is 6.92 Å². The summed E-state index contributed by atoms with van der Waals surface area (Å²) < 4.78 is 28.2. The van der Waals surface area contributed by atoms with Gasteiger partial charge in [0.1, 0.15) is 11.9 Å². The number of benzene rings is 1. The Morgan fingerprint density at radius 2 is 1.95 bits per heavy atom. The molecule has 2 N–H and O–H groups in total. The summed E-state index contributed by atoms with van der Waals surface area (Å²) in [6.45, 7) is 1.66. The van der Waals surface area contributed by atoms with Crippen LogP contribution in [0.2, 0.25) is 0 Å². The van der Waals surface area contributed by atoms with Gasteiger partial charge in [0.15, 0.2) is 5.03 Å². The number of carboxylic acids is 1. The first-order chi connectivity index (χ1) is 9.81. The van der Waals surface area contributed by atoms with Crippen LogP contribution in [0.4, 0.5) is 0 Å². The molecule has 2 rings (SSSR count). The van der Waals surface area contributed by atoms with Gasteiger partial charge in [-0.3, -0.25) is 4.79 Å². The van der Waals surface area contributed by atoms with Crippen LogP contribution in [0.3, 0.4) is 0 Å². The second-order valence-electron chi connectivity index (χ2n) is 4.54. The normalized spacial score (nSPS) is 13.0. The lowest BCUT2D eigenvalue weighted by molar-refractivity contribution is -0.139. The lowest BCUT2D eigenvalue weighted by Crippen LogP contribution is -2.34. The van der Waals surface area contributed by atoms with E-state index in [1.807, 2.05) is 0 Å². The van der Waals surface area contributed by atoms with Crippen LogP contribution in [0.15, 0.2) is 41.6 Å². The fraction of sp³-hybridized carbons (Fsp3) is 0.231. The maximum Gasteiger partial charge on any atom is 0.326 e. The summed E-state index contributed by atoms with van der Waals surface area (Å²) in [6.07, 6.45) is 1.33. The van der Waals surface area contributed by atoms with Crippen LogP contribution in [-0.4, -0.2) is 29.0 Å². The first-order valence-electron chi connectivity index (χ1n) is 6.11. The van der Waals surface area contributed by atoms with E-state index < -0.39 is 22.0 Å². The third-order valence-corrected chi connectivity index (χ3v) is 4.31. The molecule has 21 heavy (non-hydrogen) atoms. The maximum absolute atomic E-state index is 12.2. The predicted molar refractivity (Wildman–Crippen MR) is 75.1 cm³/mol. The Morgan fingerprint density at radius 1 is 1.33 bits per heavy atom. The number of carbonyl (C=O) groups is 1. The molecule has 0 fully saturated rings. The lowest BCUT2D eigenvalue weighted by Gasteiger charge is -2.13. The molecule has 1 aromatic carbocycles. The van der Waals surface area contributed by atoms with Gasteiger partial charge in [-0.15, -0.1) is 0 Å². The quantitative estimate of drug-likeness (QED) is 0.852. The zero-order chi connectivity index (χ0) is 15.6. The zero-order valence-electron chi connectivity index (χ0n) is 11.5. The highest BCUT2D eigenvalue weighted by Crippen LogP contribution is 2.17. The van der Waals surface area contributed by atoms with Crippen molar-refractivity contribution in [3.8, 4) is 0 Å². The van der Waals surface area contributed by atoms with Gasteiger partial charge >= 0.3 is 5.97 Å². The molecule has 0 radical (unpaired) electrons. The van der Waals surface area contributed by atoms with Crippen LogP contribution in [-0.2, 0) is 21.9 Å². The minimum atomic E-state index is -4.02. The first kappa shape index (κ1) is 15.2. The second kappa shape index (κ2) is 5.66. The fourth-order valence-corrected chi connectivity index (χ4v) is 2.99. The van der Waals surface area contributed by atoms with E-state index in [2.05, 4.69) is 9.71 Å². The molecule has 0 amide bonds. The predicted octanol–water partition coefficient (Wildman–Crippen LogP) is 0.833. The largest absolute Gasteiger partial charge is 0.480 e. The molecule has 0 saturated heterocycles. The Morgan fingerprint density at radius 3 is 2.43 bits per heavy atom. The number of rotatable bonds is 5. The first-order valence-corrected chi connectivity index (χ1v) is 7.59. The summed E-state index contributed by atoms with van der Waals surface area (Å²) in [5.74, 6) is -0.764. The van der Waals surface area contributed by atoms with Gasteiger partial charge in [0.25, 0.3) is 10.0 Å². The van der Waals surface area contributed by atoms with Crippen molar-refractivity contribution in [2.45, 2.75) is 18.0 Å². The Hall–Kier alpha value is -2.19. The molecule has 2 aromatic rings. The minimum absolute atomic E-state index is 0.204. The number of nitrogens with zero attached hydrogens (tertiary/aromatic N) is 2. The summed E-state index contributed by atoms with van der Waals surface area (Å²) in [4.78, 5) is 15.2. The van der Waals surface area contributed by atoms with Gasteiger partial charge in [0, 0.05) is 13.2 Å². The number of aryl methyl sites for hydroxylation is 2. The smallest absolute Gasteiger partial charge is 0.326 e. The third-order valence-electron chi connectivity index (χ3n) is 3.01. The number of carboxylic acid groups (broad SMARTS) is 1. The minimum Gasteiger partial charge on any atom is -0.480 e. The Labute approximate surface area is 122 Å². The van der Waals surface area contributed by atoms with Gasteiger partial charge < -0.3 is 9.67 Å². The highest BCUT2D eigenvalue weighted by molar-refractivity contribution is 7.89. The molecule has 0 bridgehead atoms. The molecule has 0 aliphatic heterocycles. The van der Waals surface area contributed by atoms with Crippen LogP contribution in [0.1, 0.15) is 17.4 Å². The van der Waals surface area contributed by atoms with Crippen molar-refractivity contribution in [3.63, 3.8) is 0 Å². The Balaban J connectivity index is 2.35. The van der Waals surface area contributed by atoms with E-state index in [0.717, 1.165) is 0 Å². The Kier molecular flexibility index (Phi) is 4.10. The third kappa shape index (κ3) is 3.29. The lowest BCUT2D eigenvalue weighted by atomic mass is 10.1. The Bertz CT molecular complexity index is 733. The van der Waals surface area contributed by atoms with Crippen LogP contribution >= 0.6 is 0 Å². The van der Waals surface area contributed by atoms with E-state index >= 15 is 0 Å². The molecule has 7 nitrogen and oxygen atoms in total. The molecule has 0 saturated carbocycles. The molecule has 0 aliphatic carbocycles. The highest BCUT2D eigenvalue weighted by Gasteiger charge is 2.28. The van der Waals surface area contributed by atoms with Gasteiger partial charge in [-0.25, -0.2) is 13.4 Å². The monoisotopic (exact) mass is 309 g/mol. The number of hydrogen-bond donors (Lipinski definition) is 2. The molecule has 8 heteroatoms. The van der Waals surface area contributed by atoms with E-state index in [9.17, 15) is 18.3 Å². The molecule has 0 aliphatic rings. The second-order valence-corrected chi connectivity index (χ2v) is 6.20. The van der Waals surface area contributed by atoms with E-state index in [-0.39, 0.29) is 5.03 Å². The number of aromatic nitrogens is 2. The molecular weight excluding hydrogens is 294 g/mol. The summed E-state index contributed by atoms with van der Waals surface area (Å²) in [6, 6.07) is 6.74. The average Bonchev–Trinajstić information content (AvgIpc) is 2.78. The number of aliphatic carboxylic acids is 1. The van der Waals surface area contributed by atoms with Crippen molar-refractivity contribution < 1.29 is 18.3 Å². The molecule has 0 spiro atoms. The molecule has 1 aromatic heterocycles. The van der Waals surface area contributed by atoms with Gasteiger partial charge in [-0.05, 0) is 12.5 Å². The van der Waals surface area contributed by atoms with Crippen molar-refractivity contribution in [2.75, 3.05) is 0 Å². The number of sulfonamides is 1. The average molecular weight is 309 g/mol. The molecule has 0 unspecified atom stereocenters. The molecular formula is C13H15N3O4S. The number of hydrogen-bond acceptors (Lipinski definition) is 4. The van der Waals surface area contributed by atoms with Gasteiger partial charge in [0.05, 0.1) is 0 Å². The van der Waals surface area contributed by atoms with Crippen molar-refractivity contribution in [3.05, 3.63) is 47.9 Å². The van der Waals surface area contributed by atoms with Gasteiger partial charge in [-0.1, -0.05) is 30.3 Å². The van der Waals surface area contributed by atoms with E-state index in [4.69, 9.17) is 0 Å². The summed E-state index contributed by atoms with van der Waals surface area (Å²) >= 11 is 0. The standard InChI is InChI=1S/C13H15N3O4S/c1-9-14-11(8-16(9)2)21(19,20)15-12(13(17)18)10-6-4-3-5-7-10/h3-8,12,15H,1-2H3,(H,17,18)/t12-/m0/s1. The fourth-order valence-electron chi connectivity index (χ4n) is 1.78. The van der Waals surface area contributed by atoms with E-state index in [1.165, 1.54) is 6.20 Å². The number of imidazole rings is 1. The summed E-state index contributed by atoms with van der Waals surface area (Å²) in [5, 5.41) is 9.04. The van der Waals surface area contributed by atoms with Crippen molar-refractivity contribution in [1.82, 2.24) is 14.3 Å². The summed E-state index contributed by atoms with van der Waals surface area (Å²) in [5.41, 5.74) is 0.348. The topological polar surface area (TPSA) is 101 Å². The summed E-state index contributed by atoms with van der Waals surface area (Å²) in [7, 11) is -2.36.